The SMILES string of the molecule is CSc1nnc(Sc2cc(C(C)=O)ccn2)s1. The number of ketones is 1. The van der Waals surface area contributed by atoms with E-state index in [2.05, 4.69) is 15.2 Å². The number of carbonyl (C=O) groups excluding carboxylic acids is 1. The van der Waals surface area contributed by atoms with Crippen molar-refractivity contribution in [2.75, 3.05) is 6.26 Å². The van der Waals surface area contributed by atoms with E-state index in [1.807, 2.05) is 6.26 Å². The molecule has 2 rings (SSSR count). The second-order valence-electron chi connectivity index (χ2n) is 3.08. The standard InChI is InChI=1S/C10H9N3OS3/c1-6(14)7-3-4-11-8(5-7)16-10-13-12-9(15-2)17-10/h3-5H,1-2H3. The Bertz CT molecular complexity index is 541. The minimum atomic E-state index is 0.0383. The lowest BCUT2D eigenvalue weighted by Gasteiger charge is -1.98. The molecule has 0 amide bonds. The molecule has 0 aliphatic heterocycles. The van der Waals surface area contributed by atoms with Crippen molar-refractivity contribution in [1.82, 2.24) is 15.2 Å². The highest BCUT2D eigenvalue weighted by Crippen LogP contribution is 2.31. The van der Waals surface area contributed by atoms with Gasteiger partial charge in [0.15, 0.2) is 14.5 Å². The Balaban J connectivity index is 2.18. The van der Waals surface area contributed by atoms with E-state index in [1.54, 1.807) is 37.0 Å². The number of aromatic nitrogens is 3. The number of hydrogen-bond acceptors (Lipinski definition) is 7. The highest BCUT2D eigenvalue weighted by Gasteiger charge is 2.07. The van der Waals surface area contributed by atoms with Crippen LogP contribution in [0.1, 0.15) is 17.3 Å². The largest absolute Gasteiger partial charge is 0.295 e. The van der Waals surface area contributed by atoms with Crippen molar-refractivity contribution in [3.63, 3.8) is 0 Å². The zero-order chi connectivity index (χ0) is 12.3. The molecule has 0 aliphatic rings. The summed E-state index contributed by atoms with van der Waals surface area (Å²) in [4.78, 5) is 15.4. The number of rotatable bonds is 4. The van der Waals surface area contributed by atoms with Crippen LogP contribution in [0.3, 0.4) is 0 Å². The number of pyridine rings is 1. The highest BCUT2D eigenvalue weighted by atomic mass is 32.2. The molecule has 2 aromatic heterocycles. The molecule has 0 saturated carbocycles. The van der Waals surface area contributed by atoms with Crippen LogP contribution >= 0.6 is 34.9 Å². The van der Waals surface area contributed by atoms with Crippen LogP contribution in [0.4, 0.5) is 0 Å². The van der Waals surface area contributed by atoms with E-state index < -0.39 is 0 Å². The fraction of sp³-hybridized carbons (Fsp3) is 0.200. The number of hydrogen-bond donors (Lipinski definition) is 0. The quantitative estimate of drug-likeness (QED) is 0.635. The maximum Gasteiger partial charge on any atom is 0.181 e. The fourth-order valence-corrected chi connectivity index (χ4v) is 3.48. The molecule has 4 nitrogen and oxygen atoms in total. The van der Waals surface area contributed by atoms with Crippen LogP contribution < -0.4 is 0 Å². The van der Waals surface area contributed by atoms with Gasteiger partial charge in [-0.15, -0.1) is 10.2 Å². The van der Waals surface area contributed by atoms with Crippen molar-refractivity contribution >= 4 is 40.6 Å². The van der Waals surface area contributed by atoms with Gasteiger partial charge < -0.3 is 0 Å². The van der Waals surface area contributed by atoms with Crippen LogP contribution in [0.25, 0.3) is 0 Å². The van der Waals surface area contributed by atoms with Crippen LogP contribution in [-0.4, -0.2) is 27.2 Å². The second kappa shape index (κ2) is 5.61. The van der Waals surface area contributed by atoms with Gasteiger partial charge in [-0.05, 0) is 37.1 Å². The van der Waals surface area contributed by atoms with Gasteiger partial charge in [-0.3, -0.25) is 4.79 Å². The third kappa shape index (κ3) is 3.27. The molecule has 2 aromatic rings. The lowest BCUT2D eigenvalue weighted by atomic mass is 10.2. The number of Topliss-reactive ketones (excluding diaryl/α,β-unsaturated/α-hetero) is 1. The molecule has 0 atom stereocenters. The molecule has 0 N–H and O–H groups in total. The molecule has 17 heavy (non-hydrogen) atoms. The average Bonchev–Trinajstić information content (AvgIpc) is 2.77. The molecule has 7 heteroatoms. The predicted molar refractivity (Wildman–Crippen MR) is 70.1 cm³/mol. The topological polar surface area (TPSA) is 55.7 Å². The summed E-state index contributed by atoms with van der Waals surface area (Å²) in [5.74, 6) is 0.0383. The van der Waals surface area contributed by atoms with E-state index in [0.717, 1.165) is 13.7 Å². The first-order chi connectivity index (χ1) is 8.19. The summed E-state index contributed by atoms with van der Waals surface area (Å²) in [6, 6.07) is 3.48. The molecule has 0 fully saturated rings. The number of carbonyl (C=O) groups is 1. The Hall–Kier alpha value is -0.920. The van der Waals surface area contributed by atoms with Crippen LogP contribution in [0.5, 0.6) is 0 Å². The molecular weight excluding hydrogens is 274 g/mol. The zero-order valence-corrected chi connectivity index (χ0v) is 11.7. The molecule has 0 aromatic carbocycles. The summed E-state index contributed by atoms with van der Waals surface area (Å²) in [6.07, 6.45) is 3.60. The maximum atomic E-state index is 11.2. The van der Waals surface area contributed by atoms with Gasteiger partial charge in [0, 0.05) is 11.8 Å². The molecule has 0 aliphatic carbocycles. The summed E-state index contributed by atoms with van der Waals surface area (Å²) in [5, 5.41) is 8.81. The molecule has 0 spiro atoms. The molecule has 0 unspecified atom stereocenters. The highest BCUT2D eigenvalue weighted by molar-refractivity contribution is 8.02. The molecule has 2 heterocycles. The van der Waals surface area contributed by atoms with Gasteiger partial charge in [-0.2, -0.15) is 0 Å². The van der Waals surface area contributed by atoms with Crippen LogP contribution in [0.2, 0.25) is 0 Å². The number of nitrogens with zero attached hydrogens (tertiary/aromatic N) is 3. The van der Waals surface area contributed by atoms with Gasteiger partial charge in [0.25, 0.3) is 0 Å². The first-order valence-electron chi connectivity index (χ1n) is 4.71. The summed E-state index contributed by atoms with van der Waals surface area (Å²) < 4.78 is 1.76. The third-order valence-corrected chi connectivity index (χ3v) is 4.78. The molecular formula is C10H9N3OS3. The van der Waals surface area contributed by atoms with Crippen LogP contribution in [0.15, 0.2) is 32.0 Å². The van der Waals surface area contributed by atoms with E-state index in [0.29, 0.717) is 5.56 Å². The first-order valence-corrected chi connectivity index (χ1v) is 7.57. The zero-order valence-electron chi connectivity index (χ0n) is 9.21. The molecule has 0 radical (unpaired) electrons. The summed E-state index contributed by atoms with van der Waals surface area (Å²) in [7, 11) is 0. The molecule has 88 valence electrons. The van der Waals surface area contributed by atoms with Crippen molar-refractivity contribution in [1.29, 1.82) is 0 Å². The predicted octanol–water partition coefficient (Wildman–Crippen LogP) is 3.01. The van der Waals surface area contributed by atoms with Crippen LogP contribution in [0, 0.1) is 0 Å². The van der Waals surface area contributed by atoms with E-state index in [4.69, 9.17) is 0 Å². The normalized spacial score (nSPS) is 10.5. The molecule has 0 bridgehead atoms. The van der Waals surface area contributed by atoms with Gasteiger partial charge >= 0.3 is 0 Å². The summed E-state index contributed by atoms with van der Waals surface area (Å²) >= 11 is 4.51. The van der Waals surface area contributed by atoms with Crippen molar-refractivity contribution < 1.29 is 4.79 Å². The molecule has 0 saturated heterocycles. The second-order valence-corrected chi connectivity index (χ2v) is 6.38. The average molecular weight is 283 g/mol. The van der Waals surface area contributed by atoms with Crippen molar-refractivity contribution in [3.05, 3.63) is 23.9 Å². The lowest BCUT2D eigenvalue weighted by molar-refractivity contribution is 0.101. The van der Waals surface area contributed by atoms with Gasteiger partial charge in [0.1, 0.15) is 5.03 Å². The Kier molecular flexibility index (Phi) is 4.14. The van der Waals surface area contributed by atoms with Gasteiger partial charge in [0.05, 0.1) is 0 Å². The Labute approximate surface area is 111 Å². The minimum absolute atomic E-state index is 0.0383. The third-order valence-electron chi connectivity index (χ3n) is 1.90. The number of thioether (sulfide) groups is 1. The smallest absolute Gasteiger partial charge is 0.181 e. The van der Waals surface area contributed by atoms with Crippen molar-refractivity contribution in [2.24, 2.45) is 0 Å². The summed E-state index contributed by atoms with van der Waals surface area (Å²) in [6.45, 7) is 1.54. The monoisotopic (exact) mass is 283 g/mol. The maximum absolute atomic E-state index is 11.2. The van der Waals surface area contributed by atoms with Gasteiger partial charge in [0.2, 0.25) is 0 Å². The fourth-order valence-electron chi connectivity index (χ4n) is 1.09. The van der Waals surface area contributed by atoms with E-state index in [9.17, 15) is 4.79 Å². The van der Waals surface area contributed by atoms with Gasteiger partial charge in [-0.25, -0.2) is 4.98 Å². The van der Waals surface area contributed by atoms with E-state index in [-0.39, 0.29) is 5.78 Å². The van der Waals surface area contributed by atoms with Crippen molar-refractivity contribution in [2.45, 2.75) is 20.6 Å². The van der Waals surface area contributed by atoms with E-state index in [1.165, 1.54) is 23.1 Å². The Morgan fingerprint density at radius 1 is 1.35 bits per heavy atom. The van der Waals surface area contributed by atoms with Gasteiger partial charge in [-0.1, -0.05) is 23.1 Å². The van der Waals surface area contributed by atoms with E-state index >= 15 is 0 Å². The Morgan fingerprint density at radius 3 is 2.76 bits per heavy atom. The van der Waals surface area contributed by atoms with Crippen molar-refractivity contribution in [3.8, 4) is 0 Å². The van der Waals surface area contributed by atoms with Crippen LogP contribution in [-0.2, 0) is 0 Å². The summed E-state index contributed by atoms with van der Waals surface area (Å²) in [5.41, 5.74) is 0.664. The first kappa shape index (κ1) is 12.5. The minimum Gasteiger partial charge on any atom is -0.295 e. The Morgan fingerprint density at radius 2 is 2.12 bits per heavy atom. The lowest BCUT2D eigenvalue weighted by Crippen LogP contribution is -1.92.